The molecule has 0 aliphatic carbocycles. The zero-order valence-corrected chi connectivity index (χ0v) is 11.3. The number of aldehydes is 1. The van der Waals surface area contributed by atoms with Gasteiger partial charge in [-0.05, 0) is 27.7 Å². The highest BCUT2D eigenvalue weighted by molar-refractivity contribution is 5.44. The molecule has 0 amide bonds. The maximum absolute atomic E-state index is 8.81. The molecule has 3 heteroatoms. The third kappa shape index (κ3) is 20.8. The normalized spacial score (nSPS) is 8.24. The standard InChI is InChI=1S/C7H8.C5H12O2.C2H4O/c1-7-5-3-2-4-6-7;1-3-6-5-7-4-2;1-2-3/h2-6H,1H3;3-5H2,1-2H3;2H,1H3. The third-order valence-electron chi connectivity index (χ3n) is 1.52. The first-order valence-electron chi connectivity index (χ1n) is 5.79. The molecule has 0 aromatic heterocycles. The molecule has 98 valence electrons. The Morgan fingerprint density at radius 1 is 1.06 bits per heavy atom. The number of aryl methyl sites for hydroxylation is 1. The lowest BCUT2D eigenvalue weighted by Gasteiger charge is -1.97. The fraction of sp³-hybridized carbons (Fsp3) is 0.500. The van der Waals surface area contributed by atoms with E-state index in [1.165, 1.54) is 12.5 Å². The predicted octanol–water partition coefficient (Wildman–Crippen LogP) is 3.22. The Hall–Kier alpha value is -1.19. The summed E-state index contributed by atoms with van der Waals surface area (Å²) < 4.78 is 9.70. The van der Waals surface area contributed by atoms with Crippen LogP contribution in [-0.2, 0) is 14.3 Å². The number of ether oxygens (including phenoxy) is 2. The van der Waals surface area contributed by atoms with Gasteiger partial charge in [0.05, 0.1) is 0 Å². The Bertz CT molecular complexity index is 230. The summed E-state index contributed by atoms with van der Waals surface area (Å²) in [6.07, 6.45) is 0.750. The summed E-state index contributed by atoms with van der Waals surface area (Å²) in [6.45, 7) is 9.32. The van der Waals surface area contributed by atoms with Gasteiger partial charge < -0.3 is 14.3 Å². The van der Waals surface area contributed by atoms with Crippen LogP contribution in [0.25, 0.3) is 0 Å². The summed E-state index contributed by atoms with van der Waals surface area (Å²) in [7, 11) is 0. The number of hydrogen-bond donors (Lipinski definition) is 0. The molecule has 3 nitrogen and oxygen atoms in total. The van der Waals surface area contributed by atoms with Crippen LogP contribution in [0.4, 0.5) is 0 Å². The monoisotopic (exact) mass is 240 g/mol. The topological polar surface area (TPSA) is 35.5 Å². The van der Waals surface area contributed by atoms with Crippen molar-refractivity contribution < 1.29 is 14.3 Å². The first kappa shape index (κ1) is 18.2. The van der Waals surface area contributed by atoms with E-state index in [2.05, 4.69) is 19.1 Å². The first-order valence-corrected chi connectivity index (χ1v) is 5.79. The molecule has 1 aromatic carbocycles. The van der Waals surface area contributed by atoms with Gasteiger partial charge in [0.1, 0.15) is 13.1 Å². The van der Waals surface area contributed by atoms with E-state index in [9.17, 15) is 0 Å². The van der Waals surface area contributed by atoms with Gasteiger partial charge in [0.2, 0.25) is 0 Å². The smallest absolute Gasteiger partial charge is 0.146 e. The van der Waals surface area contributed by atoms with Crippen LogP contribution >= 0.6 is 0 Å². The Morgan fingerprint density at radius 2 is 1.47 bits per heavy atom. The maximum Gasteiger partial charge on any atom is 0.146 e. The van der Waals surface area contributed by atoms with Crippen molar-refractivity contribution in [2.45, 2.75) is 27.7 Å². The molecule has 17 heavy (non-hydrogen) atoms. The summed E-state index contributed by atoms with van der Waals surface area (Å²) in [5.74, 6) is 0. The Kier molecular flexibility index (Phi) is 18.4. The van der Waals surface area contributed by atoms with E-state index in [4.69, 9.17) is 14.3 Å². The molecule has 1 aromatic rings. The highest BCUT2D eigenvalue weighted by Crippen LogP contribution is 1.92. The first-order chi connectivity index (χ1) is 8.22. The summed E-state index contributed by atoms with van der Waals surface area (Å²) >= 11 is 0. The Labute approximate surface area is 105 Å². The Morgan fingerprint density at radius 3 is 1.71 bits per heavy atom. The molecule has 0 radical (unpaired) electrons. The van der Waals surface area contributed by atoms with E-state index < -0.39 is 0 Å². The van der Waals surface area contributed by atoms with E-state index in [0.717, 1.165) is 19.5 Å². The minimum atomic E-state index is 0.438. The van der Waals surface area contributed by atoms with Crippen LogP contribution in [0.5, 0.6) is 0 Å². The lowest BCUT2D eigenvalue weighted by Crippen LogP contribution is -1.97. The highest BCUT2D eigenvalue weighted by atomic mass is 16.7. The number of carbonyl (C=O) groups is 1. The van der Waals surface area contributed by atoms with E-state index in [1.54, 1.807) is 0 Å². The molecule has 0 aliphatic rings. The van der Waals surface area contributed by atoms with Crippen molar-refractivity contribution >= 4 is 6.29 Å². The van der Waals surface area contributed by atoms with Gasteiger partial charge in [-0.25, -0.2) is 0 Å². The van der Waals surface area contributed by atoms with Crippen molar-refractivity contribution in [3.8, 4) is 0 Å². The summed E-state index contributed by atoms with van der Waals surface area (Å²) in [4.78, 5) is 8.81. The number of hydrogen-bond acceptors (Lipinski definition) is 3. The molecule has 0 atom stereocenters. The van der Waals surface area contributed by atoms with Crippen LogP contribution in [0.1, 0.15) is 26.3 Å². The summed E-state index contributed by atoms with van der Waals surface area (Å²) in [6, 6.07) is 10.3. The van der Waals surface area contributed by atoms with Crippen molar-refractivity contribution in [3.05, 3.63) is 35.9 Å². The second-order valence-corrected chi connectivity index (χ2v) is 2.99. The molecule has 0 bridgehead atoms. The van der Waals surface area contributed by atoms with E-state index in [1.807, 2.05) is 32.0 Å². The van der Waals surface area contributed by atoms with Crippen molar-refractivity contribution in [2.75, 3.05) is 20.0 Å². The largest absolute Gasteiger partial charge is 0.356 e. The average Bonchev–Trinajstić information content (AvgIpc) is 2.33. The molecule has 0 aliphatic heterocycles. The second kappa shape index (κ2) is 17.2. The fourth-order valence-electron chi connectivity index (χ4n) is 0.760. The zero-order valence-electron chi connectivity index (χ0n) is 11.3. The maximum atomic E-state index is 8.81. The fourth-order valence-corrected chi connectivity index (χ4v) is 0.760. The Balaban J connectivity index is 0. The van der Waals surface area contributed by atoms with E-state index in [0.29, 0.717) is 6.79 Å². The lowest BCUT2D eigenvalue weighted by atomic mass is 10.2. The molecule has 0 heterocycles. The van der Waals surface area contributed by atoms with Gasteiger partial charge in [-0.1, -0.05) is 35.9 Å². The molecule has 0 saturated heterocycles. The zero-order chi connectivity index (χ0) is 13.4. The average molecular weight is 240 g/mol. The van der Waals surface area contributed by atoms with Crippen molar-refractivity contribution in [1.82, 2.24) is 0 Å². The van der Waals surface area contributed by atoms with Crippen molar-refractivity contribution in [3.63, 3.8) is 0 Å². The molecule has 0 saturated carbocycles. The van der Waals surface area contributed by atoms with Gasteiger partial charge in [-0.3, -0.25) is 0 Å². The molecule has 0 spiro atoms. The number of benzene rings is 1. The number of carbonyl (C=O) groups excluding carboxylic acids is 1. The summed E-state index contributed by atoms with van der Waals surface area (Å²) in [5, 5.41) is 0. The molecule has 1 rings (SSSR count). The highest BCUT2D eigenvalue weighted by Gasteiger charge is 1.76. The van der Waals surface area contributed by atoms with Crippen LogP contribution < -0.4 is 0 Å². The van der Waals surface area contributed by atoms with Crippen LogP contribution in [0.2, 0.25) is 0 Å². The SMILES string of the molecule is CC=O.CCOCOCC.Cc1ccccc1. The predicted molar refractivity (Wildman–Crippen MR) is 71.0 cm³/mol. The summed E-state index contributed by atoms with van der Waals surface area (Å²) in [5.41, 5.74) is 1.32. The van der Waals surface area contributed by atoms with Crippen molar-refractivity contribution in [2.24, 2.45) is 0 Å². The van der Waals surface area contributed by atoms with Crippen LogP contribution in [0, 0.1) is 6.92 Å². The van der Waals surface area contributed by atoms with Gasteiger partial charge in [0.25, 0.3) is 0 Å². The van der Waals surface area contributed by atoms with Crippen LogP contribution in [-0.4, -0.2) is 26.3 Å². The minimum Gasteiger partial charge on any atom is -0.356 e. The third-order valence-corrected chi connectivity index (χ3v) is 1.52. The second-order valence-electron chi connectivity index (χ2n) is 2.99. The number of rotatable bonds is 4. The van der Waals surface area contributed by atoms with Gasteiger partial charge in [0.15, 0.2) is 0 Å². The van der Waals surface area contributed by atoms with Gasteiger partial charge in [-0.2, -0.15) is 0 Å². The van der Waals surface area contributed by atoms with Crippen molar-refractivity contribution in [1.29, 1.82) is 0 Å². The van der Waals surface area contributed by atoms with Crippen LogP contribution in [0.3, 0.4) is 0 Å². The van der Waals surface area contributed by atoms with Gasteiger partial charge >= 0.3 is 0 Å². The van der Waals surface area contributed by atoms with E-state index in [-0.39, 0.29) is 0 Å². The quantitative estimate of drug-likeness (QED) is 0.460. The molecular formula is C14H24O3. The molecular weight excluding hydrogens is 216 g/mol. The lowest BCUT2D eigenvalue weighted by molar-refractivity contribution is -0.106. The van der Waals surface area contributed by atoms with Crippen LogP contribution in [0.15, 0.2) is 30.3 Å². The van der Waals surface area contributed by atoms with E-state index >= 15 is 0 Å². The minimum absolute atomic E-state index is 0.438. The molecule has 0 unspecified atom stereocenters. The molecule has 0 fully saturated rings. The molecule has 0 N–H and O–H groups in total. The van der Waals surface area contributed by atoms with Gasteiger partial charge in [0, 0.05) is 13.2 Å². The van der Waals surface area contributed by atoms with Gasteiger partial charge in [-0.15, -0.1) is 0 Å².